The molecule has 1 fully saturated rings. The van der Waals surface area contributed by atoms with E-state index in [1.165, 1.54) is 0 Å². The molecule has 0 unspecified atom stereocenters. The lowest BCUT2D eigenvalue weighted by Crippen LogP contribution is -2.26. The minimum Gasteiger partial charge on any atom is -0.472 e. The van der Waals surface area contributed by atoms with Gasteiger partial charge in [-0.25, -0.2) is 0 Å². The predicted octanol–water partition coefficient (Wildman–Crippen LogP) is 2.31. The first-order valence-electron chi connectivity index (χ1n) is 8.34. The summed E-state index contributed by atoms with van der Waals surface area (Å²) in [5, 5.41) is 14.8. The summed E-state index contributed by atoms with van der Waals surface area (Å²) in [4.78, 5) is 16.2. The van der Waals surface area contributed by atoms with Gasteiger partial charge in [0.05, 0.1) is 11.3 Å². The number of rotatable bonds is 6. The SMILES string of the molecule is Cc1onc(-c2ccccn2)c1COc1ccc(C(=O)NC2CC2)nn1. The molecular weight excluding hydrogens is 334 g/mol. The van der Waals surface area contributed by atoms with Crippen LogP contribution in [0.25, 0.3) is 11.4 Å². The molecule has 8 heteroatoms. The highest BCUT2D eigenvalue weighted by atomic mass is 16.5. The molecule has 0 atom stereocenters. The molecule has 0 saturated heterocycles. The van der Waals surface area contributed by atoms with Gasteiger partial charge in [0.25, 0.3) is 5.91 Å². The van der Waals surface area contributed by atoms with E-state index in [1.54, 1.807) is 18.3 Å². The van der Waals surface area contributed by atoms with Crippen LogP contribution in [0, 0.1) is 6.92 Å². The van der Waals surface area contributed by atoms with Gasteiger partial charge in [-0.3, -0.25) is 9.78 Å². The normalized spacial score (nSPS) is 13.4. The molecular formula is C18H17N5O3. The van der Waals surface area contributed by atoms with E-state index in [0.29, 0.717) is 23.0 Å². The smallest absolute Gasteiger partial charge is 0.272 e. The van der Waals surface area contributed by atoms with Crippen LogP contribution in [0.5, 0.6) is 5.88 Å². The van der Waals surface area contributed by atoms with Crippen molar-refractivity contribution in [2.24, 2.45) is 0 Å². The quantitative estimate of drug-likeness (QED) is 0.727. The number of hydrogen-bond acceptors (Lipinski definition) is 7. The zero-order valence-electron chi connectivity index (χ0n) is 14.2. The lowest BCUT2D eigenvalue weighted by atomic mass is 10.1. The van der Waals surface area contributed by atoms with Crippen molar-refractivity contribution in [3.05, 3.63) is 53.5 Å². The number of amides is 1. The highest BCUT2D eigenvalue weighted by Crippen LogP contribution is 2.24. The van der Waals surface area contributed by atoms with Crippen LogP contribution in [0.1, 0.15) is 34.7 Å². The summed E-state index contributed by atoms with van der Waals surface area (Å²) >= 11 is 0. The maximum atomic E-state index is 11.9. The van der Waals surface area contributed by atoms with Crippen molar-refractivity contribution in [1.29, 1.82) is 0 Å². The molecule has 3 aromatic rings. The van der Waals surface area contributed by atoms with Crippen molar-refractivity contribution in [3.63, 3.8) is 0 Å². The van der Waals surface area contributed by atoms with E-state index >= 15 is 0 Å². The summed E-state index contributed by atoms with van der Waals surface area (Å²) in [7, 11) is 0. The van der Waals surface area contributed by atoms with Crippen molar-refractivity contribution >= 4 is 5.91 Å². The van der Waals surface area contributed by atoms with Crippen LogP contribution < -0.4 is 10.1 Å². The maximum absolute atomic E-state index is 11.9. The molecule has 4 rings (SSSR count). The van der Waals surface area contributed by atoms with Gasteiger partial charge in [0.2, 0.25) is 5.88 Å². The number of carbonyl (C=O) groups excluding carboxylic acids is 1. The van der Waals surface area contributed by atoms with Crippen LogP contribution in [-0.2, 0) is 6.61 Å². The van der Waals surface area contributed by atoms with Crippen molar-refractivity contribution in [3.8, 4) is 17.3 Å². The second kappa shape index (κ2) is 6.91. The second-order valence-corrected chi connectivity index (χ2v) is 6.07. The maximum Gasteiger partial charge on any atom is 0.272 e. The van der Waals surface area contributed by atoms with Crippen LogP contribution >= 0.6 is 0 Å². The second-order valence-electron chi connectivity index (χ2n) is 6.07. The van der Waals surface area contributed by atoms with Crippen LogP contribution in [0.3, 0.4) is 0 Å². The van der Waals surface area contributed by atoms with E-state index in [4.69, 9.17) is 9.26 Å². The number of pyridine rings is 1. The van der Waals surface area contributed by atoms with Crippen molar-refractivity contribution in [2.75, 3.05) is 0 Å². The Bertz CT molecular complexity index is 904. The lowest BCUT2D eigenvalue weighted by Gasteiger charge is -2.06. The molecule has 8 nitrogen and oxygen atoms in total. The summed E-state index contributed by atoms with van der Waals surface area (Å²) < 4.78 is 11.0. The Morgan fingerprint density at radius 3 is 2.85 bits per heavy atom. The molecule has 1 N–H and O–H groups in total. The molecule has 0 bridgehead atoms. The average Bonchev–Trinajstić information content (AvgIpc) is 3.41. The standard InChI is InChI=1S/C18H17N5O3/c1-11-13(17(23-26-11)14-4-2-3-9-19-14)10-25-16-8-7-15(21-22-16)18(24)20-12-5-6-12/h2-4,7-9,12H,5-6,10H2,1H3,(H,20,24). The molecule has 1 saturated carbocycles. The first-order valence-corrected chi connectivity index (χ1v) is 8.34. The molecule has 1 aliphatic rings. The van der Waals surface area contributed by atoms with Crippen LogP contribution in [0.2, 0.25) is 0 Å². The topological polar surface area (TPSA) is 103 Å². The molecule has 132 valence electrons. The molecule has 0 aliphatic heterocycles. The fraction of sp³-hybridized carbons (Fsp3) is 0.278. The molecule has 1 aliphatic carbocycles. The summed E-state index contributed by atoms with van der Waals surface area (Å²) in [6, 6.07) is 9.07. The molecule has 0 radical (unpaired) electrons. The fourth-order valence-electron chi connectivity index (χ4n) is 2.42. The van der Waals surface area contributed by atoms with E-state index in [0.717, 1.165) is 18.4 Å². The van der Waals surface area contributed by atoms with Gasteiger partial charge in [-0.1, -0.05) is 11.2 Å². The number of nitrogens with one attached hydrogen (secondary N) is 1. The van der Waals surface area contributed by atoms with Crippen LogP contribution in [-0.4, -0.2) is 32.3 Å². The Morgan fingerprint density at radius 1 is 1.27 bits per heavy atom. The highest BCUT2D eigenvalue weighted by molar-refractivity contribution is 5.92. The van der Waals surface area contributed by atoms with E-state index < -0.39 is 0 Å². The van der Waals surface area contributed by atoms with E-state index in [9.17, 15) is 4.79 Å². The Labute approximate surface area is 149 Å². The molecule has 0 spiro atoms. The van der Waals surface area contributed by atoms with Gasteiger partial charge in [0, 0.05) is 18.3 Å². The monoisotopic (exact) mass is 351 g/mol. The molecule has 1 amide bonds. The summed E-state index contributed by atoms with van der Waals surface area (Å²) in [6.07, 6.45) is 3.75. The number of ether oxygens (including phenoxy) is 1. The summed E-state index contributed by atoms with van der Waals surface area (Å²) in [5.74, 6) is 0.762. The third-order valence-electron chi connectivity index (χ3n) is 4.04. The van der Waals surface area contributed by atoms with Gasteiger partial charge in [-0.15, -0.1) is 10.2 Å². The summed E-state index contributed by atoms with van der Waals surface area (Å²) in [6.45, 7) is 2.03. The Kier molecular flexibility index (Phi) is 4.30. The fourth-order valence-corrected chi connectivity index (χ4v) is 2.42. The zero-order chi connectivity index (χ0) is 17.9. The number of aryl methyl sites for hydroxylation is 1. The van der Waals surface area contributed by atoms with E-state index in [-0.39, 0.29) is 24.2 Å². The molecule has 3 aromatic heterocycles. The van der Waals surface area contributed by atoms with Crippen molar-refractivity contribution < 1.29 is 14.1 Å². The van der Waals surface area contributed by atoms with Gasteiger partial charge in [0.15, 0.2) is 5.69 Å². The molecule has 0 aromatic carbocycles. The van der Waals surface area contributed by atoms with Gasteiger partial charge < -0.3 is 14.6 Å². The van der Waals surface area contributed by atoms with Gasteiger partial charge in [0.1, 0.15) is 18.1 Å². The number of nitrogens with zero attached hydrogens (tertiary/aromatic N) is 4. The average molecular weight is 351 g/mol. The molecule has 3 heterocycles. The van der Waals surface area contributed by atoms with Crippen LogP contribution in [0.4, 0.5) is 0 Å². The van der Waals surface area contributed by atoms with Crippen LogP contribution in [0.15, 0.2) is 41.1 Å². The largest absolute Gasteiger partial charge is 0.472 e. The van der Waals surface area contributed by atoms with Gasteiger partial charge in [-0.05, 0) is 38.0 Å². The molecule has 26 heavy (non-hydrogen) atoms. The number of hydrogen-bond donors (Lipinski definition) is 1. The third-order valence-corrected chi connectivity index (χ3v) is 4.04. The van der Waals surface area contributed by atoms with Gasteiger partial charge >= 0.3 is 0 Å². The third kappa shape index (κ3) is 3.53. The Balaban J connectivity index is 1.44. The Morgan fingerprint density at radius 2 is 2.15 bits per heavy atom. The highest BCUT2D eigenvalue weighted by Gasteiger charge is 2.24. The van der Waals surface area contributed by atoms with Gasteiger partial charge in [-0.2, -0.15) is 0 Å². The number of carbonyl (C=O) groups is 1. The first-order chi connectivity index (χ1) is 12.7. The van der Waals surface area contributed by atoms with Crippen molar-refractivity contribution in [2.45, 2.75) is 32.4 Å². The van der Waals surface area contributed by atoms with E-state index in [1.807, 2.05) is 25.1 Å². The Hall–Kier alpha value is -3.29. The first kappa shape index (κ1) is 16.2. The van der Waals surface area contributed by atoms with Crippen molar-refractivity contribution in [1.82, 2.24) is 25.7 Å². The lowest BCUT2D eigenvalue weighted by molar-refractivity contribution is 0.0944. The van der Waals surface area contributed by atoms with E-state index in [2.05, 4.69) is 25.7 Å². The summed E-state index contributed by atoms with van der Waals surface area (Å²) in [5.41, 5.74) is 2.42. The number of aromatic nitrogens is 4. The predicted molar refractivity (Wildman–Crippen MR) is 91.3 cm³/mol. The minimum absolute atomic E-state index is 0.209. The zero-order valence-corrected chi connectivity index (χ0v) is 14.2. The minimum atomic E-state index is -0.209.